The minimum atomic E-state index is 0.0990. The minimum absolute atomic E-state index is 0.0990. The van der Waals surface area contributed by atoms with E-state index in [0.717, 1.165) is 93.6 Å². The molecule has 5 rings (SSSR count). The second-order valence-electron chi connectivity index (χ2n) is 9.29. The number of aromatic amines is 1. The standard InChI is InChI=1S/C26H33ClN6O/c27-21-5-3-6-22(19-21)32-17-15-31(16-18-32)12-4-11-28-25(34)20-9-13-33(14-10-20)26-29-23-7-1-2-8-24(23)30-26/h1-3,5-8,19-20H,4,9-18H2,(H,28,34)(H,29,30). The molecular formula is C26H33ClN6O. The number of amides is 1. The zero-order chi connectivity index (χ0) is 23.3. The van der Waals surface area contributed by atoms with Crippen molar-refractivity contribution < 1.29 is 4.79 Å². The highest BCUT2D eigenvalue weighted by Crippen LogP contribution is 2.24. The maximum atomic E-state index is 12.7. The Kier molecular flexibility index (Phi) is 7.21. The zero-order valence-corrected chi connectivity index (χ0v) is 20.3. The number of imidazole rings is 1. The number of anilines is 2. The van der Waals surface area contributed by atoms with E-state index in [0.29, 0.717) is 0 Å². The van der Waals surface area contributed by atoms with Crippen LogP contribution in [0.15, 0.2) is 48.5 Å². The Hall–Kier alpha value is -2.77. The molecule has 0 bridgehead atoms. The molecule has 0 spiro atoms. The molecule has 2 aliphatic heterocycles. The number of para-hydroxylation sites is 2. The summed E-state index contributed by atoms with van der Waals surface area (Å²) in [5.74, 6) is 1.22. The predicted octanol–water partition coefficient (Wildman–Crippen LogP) is 3.76. The van der Waals surface area contributed by atoms with Gasteiger partial charge in [0.25, 0.3) is 0 Å². The first-order valence-corrected chi connectivity index (χ1v) is 12.7. The number of fused-ring (bicyclic) bond motifs is 1. The van der Waals surface area contributed by atoms with Gasteiger partial charge < -0.3 is 20.1 Å². The number of nitrogens with zero attached hydrogens (tertiary/aromatic N) is 4. The quantitative estimate of drug-likeness (QED) is 0.504. The van der Waals surface area contributed by atoms with Crippen LogP contribution in [-0.2, 0) is 4.79 Å². The number of H-pyrrole nitrogens is 1. The number of nitrogens with one attached hydrogen (secondary N) is 2. The van der Waals surface area contributed by atoms with Crippen molar-refractivity contribution in [3.63, 3.8) is 0 Å². The number of carbonyl (C=O) groups is 1. The zero-order valence-electron chi connectivity index (χ0n) is 19.5. The first-order chi connectivity index (χ1) is 16.7. The van der Waals surface area contributed by atoms with E-state index in [9.17, 15) is 4.79 Å². The lowest BCUT2D eigenvalue weighted by atomic mass is 9.96. The van der Waals surface area contributed by atoms with Crippen LogP contribution >= 0.6 is 11.6 Å². The van der Waals surface area contributed by atoms with Gasteiger partial charge in [-0.15, -0.1) is 0 Å². The largest absolute Gasteiger partial charge is 0.369 e. The third kappa shape index (κ3) is 5.47. The molecule has 3 aromatic rings. The molecule has 34 heavy (non-hydrogen) atoms. The first-order valence-electron chi connectivity index (χ1n) is 12.4. The number of piperidine rings is 1. The highest BCUT2D eigenvalue weighted by atomic mass is 35.5. The Balaban J connectivity index is 0.987. The average molecular weight is 481 g/mol. The number of carbonyl (C=O) groups excluding carboxylic acids is 1. The van der Waals surface area contributed by atoms with E-state index < -0.39 is 0 Å². The summed E-state index contributed by atoms with van der Waals surface area (Å²) < 4.78 is 0. The molecule has 0 atom stereocenters. The van der Waals surface area contributed by atoms with Crippen LogP contribution in [0.2, 0.25) is 5.02 Å². The summed E-state index contributed by atoms with van der Waals surface area (Å²) >= 11 is 6.13. The molecule has 0 radical (unpaired) electrons. The molecule has 8 heteroatoms. The van der Waals surface area contributed by atoms with Crippen molar-refractivity contribution in [2.24, 2.45) is 5.92 Å². The van der Waals surface area contributed by atoms with Gasteiger partial charge in [-0.3, -0.25) is 9.69 Å². The molecule has 7 nitrogen and oxygen atoms in total. The second kappa shape index (κ2) is 10.7. The van der Waals surface area contributed by atoms with Crippen LogP contribution in [0, 0.1) is 5.92 Å². The fourth-order valence-electron chi connectivity index (χ4n) is 5.00. The number of piperazine rings is 1. The van der Waals surface area contributed by atoms with E-state index in [1.807, 2.05) is 42.5 Å². The normalized spacial score (nSPS) is 17.9. The van der Waals surface area contributed by atoms with Gasteiger partial charge in [-0.2, -0.15) is 0 Å². The maximum absolute atomic E-state index is 12.7. The number of rotatable bonds is 7. The van der Waals surface area contributed by atoms with Crippen molar-refractivity contribution in [3.8, 4) is 0 Å². The molecule has 2 aliphatic rings. The number of halogens is 1. The van der Waals surface area contributed by atoms with Gasteiger partial charge in [0.05, 0.1) is 11.0 Å². The van der Waals surface area contributed by atoms with Gasteiger partial charge in [0.2, 0.25) is 11.9 Å². The highest BCUT2D eigenvalue weighted by molar-refractivity contribution is 6.30. The molecule has 180 valence electrons. The van der Waals surface area contributed by atoms with E-state index in [4.69, 9.17) is 16.6 Å². The lowest BCUT2D eigenvalue weighted by Crippen LogP contribution is -2.47. The predicted molar refractivity (Wildman–Crippen MR) is 139 cm³/mol. The van der Waals surface area contributed by atoms with Gasteiger partial charge in [-0.1, -0.05) is 29.8 Å². The molecule has 2 aromatic carbocycles. The third-order valence-electron chi connectivity index (χ3n) is 7.04. The molecule has 1 amide bonds. The SMILES string of the molecule is O=C(NCCCN1CCN(c2cccc(Cl)c2)CC1)C1CCN(c2nc3ccccc3[nH]2)CC1. The molecule has 1 aromatic heterocycles. The molecule has 2 N–H and O–H groups in total. The van der Waals surface area contributed by atoms with Crippen molar-refractivity contribution in [1.29, 1.82) is 0 Å². The van der Waals surface area contributed by atoms with E-state index in [1.165, 1.54) is 5.69 Å². The molecule has 2 fully saturated rings. The van der Waals surface area contributed by atoms with Crippen LogP contribution in [0.25, 0.3) is 11.0 Å². The smallest absolute Gasteiger partial charge is 0.223 e. The highest BCUT2D eigenvalue weighted by Gasteiger charge is 2.26. The van der Waals surface area contributed by atoms with Crippen molar-refractivity contribution in [2.75, 3.05) is 62.2 Å². The molecule has 2 saturated heterocycles. The Labute approximate surface area is 206 Å². The summed E-state index contributed by atoms with van der Waals surface area (Å²) in [5.41, 5.74) is 3.25. The Morgan fingerprint density at radius 1 is 1.00 bits per heavy atom. The van der Waals surface area contributed by atoms with Crippen LogP contribution in [0.3, 0.4) is 0 Å². The van der Waals surface area contributed by atoms with Gasteiger partial charge >= 0.3 is 0 Å². The average Bonchev–Trinajstić information content (AvgIpc) is 3.31. The van der Waals surface area contributed by atoms with Crippen LogP contribution in [0.5, 0.6) is 0 Å². The molecular weight excluding hydrogens is 448 g/mol. The van der Waals surface area contributed by atoms with E-state index in [1.54, 1.807) is 0 Å². The van der Waals surface area contributed by atoms with Gasteiger partial charge in [-0.25, -0.2) is 4.98 Å². The summed E-state index contributed by atoms with van der Waals surface area (Å²) in [6.45, 7) is 7.59. The van der Waals surface area contributed by atoms with Crippen LogP contribution in [0.4, 0.5) is 11.6 Å². The monoisotopic (exact) mass is 480 g/mol. The Bertz CT molecular complexity index is 1070. The van der Waals surface area contributed by atoms with Gasteiger partial charge in [0.1, 0.15) is 0 Å². The summed E-state index contributed by atoms with van der Waals surface area (Å²) in [6, 6.07) is 16.2. The van der Waals surface area contributed by atoms with Crippen molar-refractivity contribution >= 4 is 40.2 Å². The Morgan fingerprint density at radius 3 is 2.56 bits per heavy atom. The number of aromatic nitrogens is 2. The van der Waals surface area contributed by atoms with E-state index in [-0.39, 0.29) is 11.8 Å². The van der Waals surface area contributed by atoms with Crippen LogP contribution in [-0.4, -0.2) is 73.1 Å². The molecule has 0 saturated carbocycles. The second-order valence-corrected chi connectivity index (χ2v) is 9.73. The summed E-state index contributed by atoms with van der Waals surface area (Å²) in [5, 5.41) is 3.96. The molecule has 0 aliphatic carbocycles. The fourth-order valence-corrected chi connectivity index (χ4v) is 5.19. The van der Waals surface area contributed by atoms with Gasteiger partial charge in [0, 0.05) is 62.4 Å². The van der Waals surface area contributed by atoms with Gasteiger partial charge in [0.15, 0.2) is 0 Å². The van der Waals surface area contributed by atoms with E-state index >= 15 is 0 Å². The lowest BCUT2D eigenvalue weighted by molar-refractivity contribution is -0.125. The number of hydrogen-bond donors (Lipinski definition) is 2. The molecule has 3 heterocycles. The topological polar surface area (TPSA) is 67.5 Å². The van der Waals surface area contributed by atoms with Crippen LogP contribution in [0.1, 0.15) is 19.3 Å². The summed E-state index contributed by atoms with van der Waals surface area (Å²) in [6.07, 6.45) is 2.73. The van der Waals surface area contributed by atoms with E-state index in [2.05, 4.69) is 31.1 Å². The third-order valence-corrected chi connectivity index (χ3v) is 7.27. The first kappa shape index (κ1) is 23.0. The van der Waals surface area contributed by atoms with Crippen molar-refractivity contribution in [1.82, 2.24) is 20.2 Å². The van der Waals surface area contributed by atoms with Crippen LogP contribution < -0.4 is 15.1 Å². The fraction of sp³-hybridized carbons (Fsp3) is 0.462. The summed E-state index contributed by atoms with van der Waals surface area (Å²) in [7, 11) is 0. The maximum Gasteiger partial charge on any atom is 0.223 e. The number of hydrogen-bond acceptors (Lipinski definition) is 5. The number of benzene rings is 2. The Morgan fingerprint density at radius 2 is 1.79 bits per heavy atom. The minimum Gasteiger partial charge on any atom is -0.369 e. The van der Waals surface area contributed by atoms with Crippen molar-refractivity contribution in [3.05, 3.63) is 53.6 Å². The molecule has 0 unspecified atom stereocenters. The van der Waals surface area contributed by atoms with Crippen molar-refractivity contribution in [2.45, 2.75) is 19.3 Å². The van der Waals surface area contributed by atoms with Gasteiger partial charge in [-0.05, 0) is 56.1 Å². The summed E-state index contributed by atoms with van der Waals surface area (Å²) in [4.78, 5) is 27.9. The lowest BCUT2D eigenvalue weighted by Gasteiger charge is -2.36.